The second kappa shape index (κ2) is 4.87. The lowest BCUT2D eigenvalue weighted by molar-refractivity contribution is 0.104. The number of benzene rings is 1. The van der Waals surface area contributed by atoms with Gasteiger partial charge >= 0.3 is 0 Å². The summed E-state index contributed by atoms with van der Waals surface area (Å²) in [6.45, 7) is 6.26. The van der Waals surface area contributed by atoms with Gasteiger partial charge in [0.15, 0.2) is 5.78 Å². The molecule has 4 heteroatoms. The van der Waals surface area contributed by atoms with E-state index >= 15 is 0 Å². The van der Waals surface area contributed by atoms with Crippen molar-refractivity contribution in [2.75, 3.05) is 0 Å². The number of thiazole rings is 1. The van der Waals surface area contributed by atoms with Crippen molar-refractivity contribution in [3.63, 3.8) is 0 Å². The number of carbonyl (C=O) groups is 1. The standard InChI is InChI=1S/C16H15NO2S/c1-3-17-15(19)10(2)20-16(17)13-9-8-11-6-4-5-7-12(11)14(13)18/h4-7H,2-3,8-9H2,1H3. The Kier molecular flexibility index (Phi) is 3.18. The highest BCUT2D eigenvalue weighted by atomic mass is 32.1. The summed E-state index contributed by atoms with van der Waals surface area (Å²) in [4.78, 5) is 24.6. The van der Waals surface area contributed by atoms with E-state index < -0.39 is 0 Å². The second-order valence-corrected chi connectivity index (χ2v) is 5.93. The Hall–Kier alpha value is -1.94. The molecule has 2 aromatic rings. The molecule has 1 aliphatic carbocycles. The first-order valence-electron chi connectivity index (χ1n) is 6.68. The summed E-state index contributed by atoms with van der Waals surface area (Å²) >= 11 is 1.33. The van der Waals surface area contributed by atoms with Gasteiger partial charge < -0.3 is 0 Å². The van der Waals surface area contributed by atoms with E-state index in [0.717, 1.165) is 27.8 Å². The van der Waals surface area contributed by atoms with E-state index in [1.54, 1.807) is 4.57 Å². The number of fused-ring (bicyclic) bond motifs is 1. The van der Waals surface area contributed by atoms with Crippen LogP contribution in [0, 0.1) is 0 Å². The van der Waals surface area contributed by atoms with Crippen molar-refractivity contribution in [1.29, 1.82) is 0 Å². The fraction of sp³-hybridized carbons (Fsp3) is 0.250. The van der Waals surface area contributed by atoms with Gasteiger partial charge in [-0.05, 0) is 25.3 Å². The van der Waals surface area contributed by atoms with Crippen LogP contribution in [0.2, 0.25) is 0 Å². The largest absolute Gasteiger partial charge is 0.299 e. The molecule has 0 atom stereocenters. The summed E-state index contributed by atoms with van der Waals surface area (Å²) in [7, 11) is 0. The Morgan fingerprint density at radius 2 is 2.00 bits per heavy atom. The maximum absolute atomic E-state index is 12.6. The molecule has 0 spiro atoms. The third kappa shape index (κ3) is 1.88. The van der Waals surface area contributed by atoms with Crippen molar-refractivity contribution in [2.45, 2.75) is 26.3 Å². The van der Waals surface area contributed by atoms with E-state index in [1.165, 1.54) is 11.3 Å². The highest BCUT2D eigenvalue weighted by molar-refractivity contribution is 7.07. The maximum atomic E-state index is 12.6. The van der Waals surface area contributed by atoms with E-state index in [-0.39, 0.29) is 11.3 Å². The predicted octanol–water partition coefficient (Wildman–Crippen LogP) is 1.32. The monoisotopic (exact) mass is 285 g/mol. The molecule has 0 N–H and O–H groups in total. The van der Waals surface area contributed by atoms with Gasteiger partial charge in [0.2, 0.25) is 0 Å². The van der Waals surface area contributed by atoms with Gasteiger partial charge in [0.25, 0.3) is 5.56 Å². The Morgan fingerprint density at radius 3 is 2.75 bits per heavy atom. The molecule has 0 bridgehead atoms. The van der Waals surface area contributed by atoms with Crippen LogP contribution >= 0.6 is 11.3 Å². The summed E-state index contributed by atoms with van der Waals surface area (Å²) in [6, 6.07) is 7.70. The first kappa shape index (κ1) is 13.1. The predicted molar refractivity (Wildman–Crippen MR) is 81.5 cm³/mol. The van der Waals surface area contributed by atoms with Crippen molar-refractivity contribution < 1.29 is 4.79 Å². The number of rotatable bonds is 1. The number of carbonyl (C=O) groups excluding carboxylic acids is 1. The quantitative estimate of drug-likeness (QED) is 0.793. The number of hydrogen-bond acceptors (Lipinski definition) is 3. The summed E-state index contributed by atoms with van der Waals surface area (Å²) in [5, 5.41) is 0. The molecule has 3 rings (SSSR count). The van der Waals surface area contributed by atoms with Crippen LogP contribution in [0.1, 0.15) is 29.3 Å². The van der Waals surface area contributed by atoms with Crippen molar-refractivity contribution in [2.24, 2.45) is 0 Å². The van der Waals surface area contributed by atoms with Gasteiger partial charge in [-0.3, -0.25) is 14.2 Å². The average molecular weight is 285 g/mol. The number of hydrogen-bond donors (Lipinski definition) is 0. The number of ketones is 1. The number of Topliss-reactive ketones (excluding diaryl/α,β-unsaturated/α-hetero) is 1. The minimum Gasteiger partial charge on any atom is -0.299 e. The molecule has 1 aromatic heterocycles. The van der Waals surface area contributed by atoms with Crippen molar-refractivity contribution in [1.82, 2.24) is 4.57 Å². The average Bonchev–Trinajstić information content (AvgIpc) is 2.75. The zero-order valence-corrected chi connectivity index (χ0v) is 12.1. The smallest absolute Gasteiger partial charge is 0.268 e. The zero-order valence-electron chi connectivity index (χ0n) is 11.3. The number of aryl methyl sites for hydroxylation is 1. The first-order chi connectivity index (χ1) is 9.63. The normalized spacial score (nSPS) is 17.1. The van der Waals surface area contributed by atoms with Gasteiger partial charge in [0, 0.05) is 17.7 Å². The zero-order chi connectivity index (χ0) is 14.3. The molecular formula is C16H15NO2S. The van der Waals surface area contributed by atoms with Crippen LogP contribution in [0.3, 0.4) is 0 Å². The van der Waals surface area contributed by atoms with Crippen molar-refractivity contribution in [3.8, 4) is 0 Å². The first-order valence-corrected chi connectivity index (χ1v) is 7.49. The van der Waals surface area contributed by atoms with Crippen LogP contribution in [-0.4, -0.2) is 10.4 Å². The topological polar surface area (TPSA) is 39.1 Å². The number of nitrogens with zero attached hydrogens (tertiary/aromatic N) is 1. The second-order valence-electron chi connectivity index (χ2n) is 4.84. The van der Waals surface area contributed by atoms with Gasteiger partial charge in [-0.1, -0.05) is 30.8 Å². The van der Waals surface area contributed by atoms with E-state index in [4.69, 9.17) is 0 Å². The van der Waals surface area contributed by atoms with E-state index in [0.29, 0.717) is 17.5 Å². The van der Waals surface area contributed by atoms with E-state index in [9.17, 15) is 9.59 Å². The lowest BCUT2D eigenvalue weighted by Gasteiger charge is -2.16. The Bertz CT molecular complexity index is 857. The third-order valence-corrected chi connectivity index (χ3v) is 4.78. The lowest BCUT2D eigenvalue weighted by Crippen LogP contribution is -2.32. The van der Waals surface area contributed by atoms with Crippen LogP contribution in [0.15, 0.2) is 29.1 Å². The molecule has 1 heterocycles. The SMILES string of the molecule is C=c1sc(=C2CCc3ccccc3C2=O)n(CC)c1=O. The minimum atomic E-state index is -0.0772. The maximum Gasteiger partial charge on any atom is 0.268 e. The fourth-order valence-corrected chi connectivity index (χ4v) is 3.74. The molecule has 0 unspecified atom stereocenters. The Labute approximate surface area is 120 Å². The molecule has 0 fully saturated rings. The highest BCUT2D eigenvalue weighted by Crippen LogP contribution is 2.24. The molecule has 0 amide bonds. The molecule has 0 radical (unpaired) electrons. The van der Waals surface area contributed by atoms with Crippen LogP contribution in [0.5, 0.6) is 0 Å². The third-order valence-electron chi connectivity index (χ3n) is 3.70. The summed E-state index contributed by atoms with van der Waals surface area (Å²) in [6.07, 6.45) is 1.54. The molecule has 0 saturated carbocycles. The van der Waals surface area contributed by atoms with Gasteiger partial charge in [0.05, 0.1) is 4.53 Å². The summed E-state index contributed by atoms with van der Waals surface area (Å²) < 4.78 is 2.94. The van der Waals surface area contributed by atoms with Crippen molar-refractivity contribution >= 4 is 29.3 Å². The summed E-state index contributed by atoms with van der Waals surface area (Å²) in [5.41, 5.74) is 2.54. The lowest BCUT2D eigenvalue weighted by atomic mass is 9.87. The molecule has 0 aliphatic heterocycles. The molecule has 1 aromatic carbocycles. The van der Waals surface area contributed by atoms with Crippen LogP contribution in [0.4, 0.5) is 0 Å². The molecular weight excluding hydrogens is 270 g/mol. The number of aromatic nitrogens is 1. The fourth-order valence-electron chi connectivity index (χ4n) is 2.67. The molecule has 3 nitrogen and oxygen atoms in total. The van der Waals surface area contributed by atoms with Crippen molar-refractivity contribution in [3.05, 3.63) is 54.9 Å². The molecule has 102 valence electrons. The van der Waals surface area contributed by atoms with Gasteiger partial charge in [-0.15, -0.1) is 11.3 Å². The Morgan fingerprint density at radius 1 is 1.25 bits per heavy atom. The van der Waals surface area contributed by atoms with Gasteiger partial charge in [-0.2, -0.15) is 0 Å². The van der Waals surface area contributed by atoms with E-state index in [2.05, 4.69) is 6.58 Å². The highest BCUT2D eigenvalue weighted by Gasteiger charge is 2.23. The van der Waals surface area contributed by atoms with Gasteiger partial charge in [-0.25, -0.2) is 0 Å². The van der Waals surface area contributed by atoms with Crippen LogP contribution < -0.4 is 14.8 Å². The Balaban J connectivity index is 2.30. The minimum absolute atomic E-state index is 0.0512. The molecule has 1 aliphatic rings. The van der Waals surface area contributed by atoms with E-state index in [1.807, 2.05) is 31.2 Å². The molecule has 0 saturated heterocycles. The summed E-state index contributed by atoms with van der Waals surface area (Å²) in [5.74, 6) is 0.0512. The van der Waals surface area contributed by atoms with Crippen LogP contribution in [-0.2, 0) is 13.0 Å². The molecule has 20 heavy (non-hydrogen) atoms. The van der Waals surface area contributed by atoms with Crippen LogP contribution in [0.25, 0.3) is 12.2 Å². The van der Waals surface area contributed by atoms with Gasteiger partial charge in [0.1, 0.15) is 4.66 Å².